The topological polar surface area (TPSA) is 59.6 Å². The number of benzene rings is 1. The van der Waals surface area contributed by atoms with Crippen LogP contribution >= 0.6 is 0 Å². The number of carbonyl (C=O) groups excluding carboxylic acids is 1. The zero-order valence-electron chi connectivity index (χ0n) is 13.3. The molecule has 5 nitrogen and oxygen atoms in total. The van der Waals surface area contributed by atoms with Gasteiger partial charge in [-0.15, -0.1) is 0 Å². The summed E-state index contributed by atoms with van der Waals surface area (Å²) in [4.78, 5) is 12.0. The van der Waals surface area contributed by atoms with Crippen molar-refractivity contribution in [3.8, 4) is 5.75 Å². The third kappa shape index (κ3) is 6.14. The smallest absolute Gasteiger partial charge is 0.238 e. The summed E-state index contributed by atoms with van der Waals surface area (Å²) in [5, 5.41) is 6.08. The summed E-state index contributed by atoms with van der Waals surface area (Å²) >= 11 is 0. The van der Waals surface area contributed by atoms with Crippen molar-refractivity contribution in [2.75, 3.05) is 32.2 Å². The predicted octanol–water partition coefficient (Wildman–Crippen LogP) is 2.28. The average Bonchev–Trinajstić information content (AvgIpc) is 2.47. The van der Waals surface area contributed by atoms with Gasteiger partial charge in [0, 0.05) is 12.6 Å². The Labute approximate surface area is 127 Å². The summed E-state index contributed by atoms with van der Waals surface area (Å²) in [6.07, 6.45) is 0. The van der Waals surface area contributed by atoms with E-state index in [1.54, 1.807) is 7.11 Å². The molecule has 0 heterocycles. The average molecular weight is 294 g/mol. The zero-order chi connectivity index (χ0) is 15.7. The number of ether oxygens (including phenoxy) is 2. The number of para-hydroxylation sites is 2. The second kappa shape index (κ2) is 9.37. The Bertz CT molecular complexity index is 435. The van der Waals surface area contributed by atoms with Gasteiger partial charge in [-0.25, -0.2) is 0 Å². The van der Waals surface area contributed by atoms with Crippen LogP contribution in [0.1, 0.15) is 20.8 Å². The summed E-state index contributed by atoms with van der Waals surface area (Å²) in [7, 11) is 1.58. The lowest BCUT2D eigenvalue weighted by Crippen LogP contribution is -2.42. The molecular weight excluding hydrogens is 268 g/mol. The molecule has 1 aromatic rings. The largest absolute Gasteiger partial charge is 0.495 e. The molecule has 0 aliphatic rings. The van der Waals surface area contributed by atoms with E-state index in [2.05, 4.69) is 24.5 Å². The SMILES string of the molecule is CCOCC(NCC(=O)Nc1ccccc1OC)C(C)C. The molecule has 5 heteroatoms. The molecule has 0 radical (unpaired) electrons. The van der Waals surface area contributed by atoms with Crippen molar-refractivity contribution >= 4 is 11.6 Å². The van der Waals surface area contributed by atoms with Gasteiger partial charge in [-0.2, -0.15) is 0 Å². The van der Waals surface area contributed by atoms with Crippen LogP contribution in [0, 0.1) is 5.92 Å². The molecule has 0 spiro atoms. The minimum atomic E-state index is -0.0957. The summed E-state index contributed by atoms with van der Waals surface area (Å²) < 4.78 is 10.6. The van der Waals surface area contributed by atoms with Crippen LogP contribution in [0.15, 0.2) is 24.3 Å². The highest BCUT2D eigenvalue weighted by Crippen LogP contribution is 2.22. The molecule has 0 saturated carbocycles. The monoisotopic (exact) mass is 294 g/mol. The van der Waals surface area contributed by atoms with Crippen molar-refractivity contribution in [3.05, 3.63) is 24.3 Å². The third-order valence-electron chi connectivity index (χ3n) is 3.21. The fourth-order valence-corrected chi connectivity index (χ4v) is 1.90. The van der Waals surface area contributed by atoms with Gasteiger partial charge in [-0.05, 0) is 25.0 Å². The van der Waals surface area contributed by atoms with Gasteiger partial charge in [0.2, 0.25) is 5.91 Å². The van der Waals surface area contributed by atoms with Gasteiger partial charge in [0.25, 0.3) is 0 Å². The van der Waals surface area contributed by atoms with Gasteiger partial charge in [0.1, 0.15) is 5.75 Å². The molecular formula is C16H26N2O3. The fourth-order valence-electron chi connectivity index (χ4n) is 1.90. The molecule has 0 fully saturated rings. The van der Waals surface area contributed by atoms with E-state index in [1.807, 2.05) is 31.2 Å². The van der Waals surface area contributed by atoms with Gasteiger partial charge < -0.3 is 20.1 Å². The number of methoxy groups -OCH3 is 1. The molecule has 0 aliphatic carbocycles. The van der Waals surface area contributed by atoms with Crippen molar-refractivity contribution in [3.63, 3.8) is 0 Å². The van der Waals surface area contributed by atoms with E-state index < -0.39 is 0 Å². The van der Waals surface area contributed by atoms with E-state index in [1.165, 1.54) is 0 Å². The first kappa shape index (κ1) is 17.5. The maximum absolute atomic E-state index is 12.0. The molecule has 0 aromatic heterocycles. The highest BCUT2D eigenvalue weighted by atomic mass is 16.5. The number of nitrogens with one attached hydrogen (secondary N) is 2. The third-order valence-corrected chi connectivity index (χ3v) is 3.21. The van der Waals surface area contributed by atoms with Crippen LogP contribution < -0.4 is 15.4 Å². The first-order valence-electron chi connectivity index (χ1n) is 7.32. The number of hydrogen-bond acceptors (Lipinski definition) is 4. The summed E-state index contributed by atoms with van der Waals surface area (Å²) in [6, 6.07) is 7.51. The lowest BCUT2D eigenvalue weighted by atomic mass is 10.1. The molecule has 0 saturated heterocycles. The normalized spacial score (nSPS) is 12.2. The minimum Gasteiger partial charge on any atom is -0.495 e. The van der Waals surface area contributed by atoms with Gasteiger partial charge in [-0.1, -0.05) is 26.0 Å². The summed E-state index contributed by atoms with van der Waals surface area (Å²) in [5.74, 6) is 0.956. The first-order valence-corrected chi connectivity index (χ1v) is 7.32. The zero-order valence-corrected chi connectivity index (χ0v) is 13.3. The molecule has 1 aromatic carbocycles. The van der Waals surface area contributed by atoms with E-state index in [0.717, 1.165) is 0 Å². The van der Waals surface area contributed by atoms with Gasteiger partial charge in [0.05, 0.1) is 25.9 Å². The predicted molar refractivity (Wildman–Crippen MR) is 84.7 cm³/mol. The van der Waals surface area contributed by atoms with E-state index >= 15 is 0 Å². The molecule has 1 unspecified atom stereocenters. The number of amides is 1. The molecule has 2 N–H and O–H groups in total. The highest BCUT2D eigenvalue weighted by molar-refractivity contribution is 5.93. The number of hydrogen-bond donors (Lipinski definition) is 2. The van der Waals surface area contributed by atoms with Crippen LogP contribution in [0.5, 0.6) is 5.75 Å². The second-order valence-electron chi connectivity index (χ2n) is 5.14. The summed E-state index contributed by atoms with van der Waals surface area (Å²) in [6.45, 7) is 7.71. The van der Waals surface area contributed by atoms with Crippen molar-refractivity contribution in [1.29, 1.82) is 0 Å². The first-order chi connectivity index (χ1) is 10.1. The molecule has 1 rings (SSSR count). The van der Waals surface area contributed by atoms with Crippen molar-refractivity contribution in [2.24, 2.45) is 5.92 Å². The fraction of sp³-hybridized carbons (Fsp3) is 0.562. The van der Waals surface area contributed by atoms with Crippen LogP contribution in [-0.4, -0.2) is 38.8 Å². The van der Waals surface area contributed by atoms with Gasteiger partial charge in [-0.3, -0.25) is 4.79 Å². The van der Waals surface area contributed by atoms with Gasteiger partial charge in [0.15, 0.2) is 0 Å². The highest BCUT2D eigenvalue weighted by Gasteiger charge is 2.15. The van der Waals surface area contributed by atoms with E-state index in [0.29, 0.717) is 30.6 Å². The standard InChI is InChI=1S/C16H26N2O3/c1-5-21-11-14(12(2)3)17-10-16(19)18-13-8-6-7-9-15(13)20-4/h6-9,12,14,17H,5,10-11H2,1-4H3,(H,18,19). The number of rotatable bonds is 9. The molecule has 118 valence electrons. The lowest BCUT2D eigenvalue weighted by molar-refractivity contribution is -0.115. The maximum atomic E-state index is 12.0. The molecule has 1 amide bonds. The van der Waals surface area contributed by atoms with E-state index in [-0.39, 0.29) is 18.5 Å². The number of anilines is 1. The van der Waals surface area contributed by atoms with Crippen molar-refractivity contribution in [2.45, 2.75) is 26.8 Å². The van der Waals surface area contributed by atoms with Crippen molar-refractivity contribution in [1.82, 2.24) is 5.32 Å². The van der Waals surface area contributed by atoms with Crippen LogP contribution in [0.25, 0.3) is 0 Å². The molecule has 0 bridgehead atoms. The number of carbonyl (C=O) groups is 1. The quantitative estimate of drug-likeness (QED) is 0.733. The van der Waals surface area contributed by atoms with Crippen LogP contribution in [-0.2, 0) is 9.53 Å². The summed E-state index contributed by atoms with van der Waals surface area (Å²) in [5.41, 5.74) is 0.678. The van der Waals surface area contributed by atoms with Crippen LogP contribution in [0.2, 0.25) is 0 Å². The van der Waals surface area contributed by atoms with E-state index in [4.69, 9.17) is 9.47 Å². The van der Waals surface area contributed by atoms with E-state index in [9.17, 15) is 4.79 Å². The Hall–Kier alpha value is -1.59. The molecule has 0 aliphatic heterocycles. The van der Waals surface area contributed by atoms with Gasteiger partial charge >= 0.3 is 0 Å². The minimum absolute atomic E-state index is 0.0957. The Kier molecular flexibility index (Phi) is 7.79. The second-order valence-corrected chi connectivity index (χ2v) is 5.14. The van der Waals surface area contributed by atoms with Crippen molar-refractivity contribution < 1.29 is 14.3 Å². The van der Waals surface area contributed by atoms with Crippen LogP contribution in [0.4, 0.5) is 5.69 Å². The molecule has 1 atom stereocenters. The van der Waals surface area contributed by atoms with Crippen LogP contribution in [0.3, 0.4) is 0 Å². The Morgan fingerprint density at radius 3 is 2.62 bits per heavy atom. The Balaban J connectivity index is 2.49. The molecule has 21 heavy (non-hydrogen) atoms. The Morgan fingerprint density at radius 2 is 2.00 bits per heavy atom. The Morgan fingerprint density at radius 1 is 1.29 bits per heavy atom. The lowest BCUT2D eigenvalue weighted by Gasteiger charge is -2.22. The maximum Gasteiger partial charge on any atom is 0.238 e.